The highest BCUT2D eigenvalue weighted by molar-refractivity contribution is 5.77. The maximum absolute atomic E-state index is 11.0. The van der Waals surface area contributed by atoms with Gasteiger partial charge in [0.15, 0.2) is 0 Å². The van der Waals surface area contributed by atoms with Gasteiger partial charge in [-0.2, -0.15) is 0 Å². The first-order valence-electron chi connectivity index (χ1n) is 5.45. The van der Waals surface area contributed by atoms with Crippen LogP contribution in [0.2, 0.25) is 0 Å². The largest absolute Gasteiger partial charge is 0.480 e. The van der Waals surface area contributed by atoms with Gasteiger partial charge in [0.2, 0.25) is 0 Å². The lowest BCUT2D eigenvalue weighted by Gasteiger charge is -2.36. The Morgan fingerprint density at radius 1 is 1.40 bits per heavy atom. The second kappa shape index (κ2) is 4.10. The Bertz CT molecular complexity index is 244. The van der Waals surface area contributed by atoms with E-state index in [-0.39, 0.29) is 0 Å². The van der Waals surface area contributed by atoms with Crippen molar-refractivity contribution < 1.29 is 15.0 Å². The quantitative estimate of drug-likeness (QED) is 0.737. The number of hydrogen-bond donors (Lipinski definition) is 2. The summed E-state index contributed by atoms with van der Waals surface area (Å²) < 4.78 is 0. The van der Waals surface area contributed by atoms with E-state index in [1.165, 1.54) is 0 Å². The highest BCUT2D eigenvalue weighted by Crippen LogP contribution is 2.31. The number of likely N-dealkylation sites (N-methyl/N-ethyl adjacent to an activating group) is 1. The van der Waals surface area contributed by atoms with Crippen molar-refractivity contribution in [2.24, 2.45) is 0 Å². The van der Waals surface area contributed by atoms with Gasteiger partial charge in [0, 0.05) is 6.54 Å². The van der Waals surface area contributed by atoms with Crippen molar-refractivity contribution in [1.82, 2.24) is 4.90 Å². The van der Waals surface area contributed by atoms with Crippen LogP contribution in [0.25, 0.3) is 0 Å². The molecule has 1 aliphatic rings. The maximum atomic E-state index is 11.0. The molecule has 0 aromatic heterocycles. The van der Waals surface area contributed by atoms with Gasteiger partial charge in [0.05, 0.1) is 5.60 Å². The van der Waals surface area contributed by atoms with Crippen molar-refractivity contribution in [3.8, 4) is 0 Å². The van der Waals surface area contributed by atoms with E-state index >= 15 is 0 Å². The molecule has 0 saturated heterocycles. The predicted octanol–water partition coefficient (Wildman–Crippen LogP) is 1.09. The highest BCUT2D eigenvalue weighted by Gasteiger charge is 2.39. The zero-order chi connectivity index (χ0) is 11.7. The average Bonchev–Trinajstić information content (AvgIpc) is 2.51. The molecule has 1 rings (SSSR count). The first-order valence-corrected chi connectivity index (χ1v) is 5.45. The van der Waals surface area contributed by atoms with Crippen molar-refractivity contribution in [1.29, 1.82) is 0 Å². The lowest BCUT2D eigenvalue weighted by atomic mass is 9.97. The fraction of sp³-hybridized carbons (Fsp3) is 0.909. The third-order valence-electron chi connectivity index (χ3n) is 3.54. The number of carbonyl (C=O) groups is 1. The van der Waals surface area contributed by atoms with E-state index in [0.29, 0.717) is 6.54 Å². The summed E-state index contributed by atoms with van der Waals surface area (Å²) in [6.45, 7) is 3.76. The van der Waals surface area contributed by atoms with Crippen LogP contribution in [0.15, 0.2) is 0 Å². The molecule has 0 aromatic carbocycles. The zero-order valence-corrected chi connectivity index (χ0v) is 9.79. The molecule has 0 bridgehead atoms. The molecule has 4 nitrogen and oxygen atoms in total. The third-order valence-corrected chi connectivity index (χ3v) is 3.54. The molecule has 0 aliphatic heterocycles. The molecule has 0 amide bonds. The molecule has 0 radical (unpaired) electrons. The number of carboxylic acids is 1. The zero-order valence-electron chi connectivity index (χ0n) is 9.79. The fourth-order valence-corrected chi connectivity index (χ4v) is 1.99. The maximum Gasteiger partial charge on any atom is 0.323 e. The summed E-state index contributed by atoms with van der Waals surface area (Å²) in [5.74, 6) is -0.855. The van der Waals surface area contributed by atoms with Gasteiger partial charge in [0.25, 0.3) is 0 Å². The van der Waals surface area contributed by atoms with Crippen molar-refractivity contribution in [2.75, 3.05) is 13.6 Å². The van der Waals surface area contributed by atoms with Gasteiger partial charge in [-0.1, -0.05) is 12.8 Å². The number of carboxylic acid groups (broad SMARTS) is 1. The predicted molar refractivity (Wildman–Crippen MR) is 57.8 cm³/mol. The summed E-state index contributed by atoms with van der Waals surface area (Å²) in [5.41, 5.74) is -1.60. The van der Waals surface area contributed by atoms with Crippen molar-refractivity contribution in [2.45, 2.75) is 50.7 Å². The molecule has 0 atom stereocenters. The minimum Gasteiger partial charge on any atom is -0.480 e. The molecule has 2 N–H and O–H groups in total. The minimum atomic E-state index is -0.918. The Balaban J connectivity index is 2.62. The number of nitrogens with zero attached hydrogens (tertiary/aromatic N) is 1. The van der Waals surface area contributed by atoms with Gasteiger partial charge >= 0.3 is 5.97 Å². The average molecular weight is 215 g/mol. The van der Waals surface area contributed by atoms with Gasteiger partial charge in [-0.25, -0.2) is 0 Å². The fourth-order valence-electron chi connectivity index (χ4n) is 1.99. The third kappa shape index (κ3) is 2.69. The van der Waals surface area contributed by atoms with Crippen LogP contribution in [0.1, 0.15) is 39.5 Å². The minimum absolute atomic E-state index is 0.437. The van der Waals surface area contributed by atoms with Crippen LogP contribution in [0.5, 0.6) is 0 Å². The second-order valence-electron chi connectivity index (χ2n) is 5.15. The molecule has 15 heavy (non-hydrogen) atoms. The molecule has 1 saturated carbocycles. The monoisotopic (exact) mass is 215 g/mol. The van der Waals surface area contributed by atoms with E-state index in [1.54, 1.807) is 25.8 Å². The smallest absolute Gasteiger partial charge is 0.323 e. The topological polar surface area (TPSA) is 60.8 Å². The summed E-state index contributed by atoms with van der Waals surface area (Å²) >= 11 is 0. The highest BCUT2D eigenvalue weighted by atomic mass is 16.4. The number of rotatable bonds is 4. The van der Waals surface area contributed by atoms with Gasteiger partial charge in [-0.15, -0.1) is 0 Å². The van der Waals surface area contributed by atoms with Crippen molar-refractivity contribution >= 4 is 5.97 Å². The molecule has 0 heterocycles. The van der Waals surface area contributed by atoms with Crippen LogP contribution in [0.4, 0.5) is 0 Å². The SMILES string of the molecule is CN(CC1(O)CCCC1)C(C)(C)C(=O)O. The molecular weight excluding hydrogens is 194 g/mol. The van der Waals surface area contributed by atoms with Crippen LogP contribution in [0.3, 0.4) is 0 Å². The van der Waals surface area contributed by atoms with Gasteiger partial charge < -0.3 is 10.2 Å². The Kier molecular flexibility index (Phi) is 3.41. The Labute approximate surface area is 90.9 Å². The Hall–Kier alpha value is -0.610. The molecular formula is C11H21NO3. The first-order chi connectivity index (χ1) is 6.78. The summed E-state index contributed by atoms with van der Waals surface area (Å²) in [5, 5.41) is 19.2. The number of β-amino-alcohol motifs (C(OH)–C–C–N with tert-alkyl or cyclic N) is 1. The van der Waals surface area contributed by atoms with E-state index in [1.807, 2.05) is 0 Å². The van der Waals surface area contributed by atoms with Crippen LogP contribution in [-0.4, -0.2) is 45.8 Å². The van der Waals surface area contributed by atoms with Crippen molar-refractivity contribution in [3.63, 3.8) is 0 Å². The number of aliphatic hydroxyl groups is 1. The van der Waals surface area contributed by atoms with E-state index in [4.69, 9.17) is 5.11 Å². The second-order valence-corrected chi connectivity index (χ2v) is 5.15. The van der Waals surface area contributed by atoms with E-state index in [0.717, 1.165) is 25.7 Å². The van der Waals surface area contributed by atoms with Crippen LogP contribution >= 0.6 is 0 Å². The molecule has 4 heteroatoms. The van der Waals surface area contributed by atoms with Gasteiger partial charge in [-0.3, -0.25) is 9.69 Å². The molecule has 88 valence electrons. The van der Waals surface area contributed by atoms with Crippen molar-refractivity contribution in [3.05, 3.63) is 0 Å². The normalized spacial score (nSPS) is 20.9. The molecule has 1 aliphatic carbocycles. The Morgan fingerprint density at radius 3 is 2.27 bits per heavy atom. The van der Waals surface area contributed by atoms with Crippen LogP contribution < -0.4 is 0 Å². The van der Waals surface area contributed by atoms with Gasteiger partial charge in [0.1, 0.15) is 5.54 Å². The summed E-state index contributed by atoms with van der Waals surface area (Å²) in [7, 11) is 1.75. The van der Waals surface area contributed by atoms with Crippen LogP contribution in [0, 0.1) is 0 Å². The van der Waals surface area contributed by atoms with E-state index in [2.05, 4.69) is 0 Å². The first kappa shape index (κ1) is 12.5. The lowest BCUT2D eigenvalue weighted by Crippen LogP contribution is -2.53. The summed E-state index contributed by atoms with van der Waals surface area (Å²) in [6, 6.07) is 0. The molecule has 1 fully saturated rings. The molecule has 0 spiro atoms. The van der Waals surface area contributed by atoms with Gasteiger partial charge in [-0.05, 0) is 33.7 Å². The molecule has 0 aromatic rings. The van der Waals surface area contributed by atoms with Crippen LogP contribution in [-0.2, 0) is 4.79 Å². The Morgan fingerprint density at radius 2 is 1.87 bits per heavy atom. The van der Waals surface area contributed by atoms with E-state index in [9.17, 15) is 9.90 Å². The number of hydrogen-bond acceptors (Lipinski definition) is 3. The lowest BCUT2D eigenvalue weighted by molar-refractivity contribution is -0.150. The summed E-state index contributed by atoms with van der Waals surface area (Å²) in [6.07, 6.45) is 3.65. The molecule has 0 unspecified atom stereocenters. The summed E-state index contributed by atoms with van der Waals surface area (Å²) in [4.78, 5) is 12.7. The standard InChI is InChI=1S/C11H21NO3/c1-10(2,9(13)14)12(3)8-11(15)6-4-5-7-11/h15H,4-8H2,1-3H3,(H,13,14). The van der Waals surface area contributed by atoms with E-state index < -0.39 is 17.1 Å². The number of aliphatic carboxylic acids is 1.